The van der Waals surface area contributed by atoms with Crippen LogP contribution in [0.4, 0.5) is 16.2 Å². The van der Waals surface area contributed by atoms with Crippen molar-refractivity contribution in [3.63, 3.8) is 0 Å². The second kappa shape index (κ2) is 8.56. The molecule has 0 radical (unpaired) electrons. The molecule has 2 rings (SSSR count). The summed E-state index contributed by atoms with van der Waals surface area (Å²) in [6, 6.07) is 7.83. The molecular formula is C20H33N3O2. The Kier molecular flexibility index (Phi) is 6.71. The molecule has 140 valence electrons. The molecule has 1 aliphatic heterocycles. The zero-order valence-electron chi connectivity index (χ0n) is 16.0. The first-order chi connectivity index (χ1) is 11.7. The fraction of sp³-hybridized carbons (Fsp3) is 0.650. The average molecular weight is 348 g/mol. The number of hydrogen-bond acceptors (Lipinski definition) is 3. The molecule has 1 aromatic rings. The number of carbonyl (C=O) groups excluding carboxylic acids is 1. The molecule has 1 fully saturated rings. The number of hydrogen-bond donors (Lipinski definition) is 3. The van der Waals surface area contributed by atoms with E-state index in [0.717, 1.165) is 24.7 Å². The Bertz CT molecular complexity index is 564. The smallest absolute Gasteiger partial charge is 0.319 e. The van der Waals surface area contributed by atoms with E-state index < -0.39 is 0 Å². The number of piperidine rings is 1. The first kappa shape index (κ1) is 19.6. The van der Waals surface area contributed by atoms with E-state index in [1.165, 1.54) is 18.5 Å². The Morgan fingerprint density at radius 1 is 1.36 bits per heavy atom. The largest absolute Gasteiger partial charge is 0.393 e. The van der Waals surface area contributed by atoms with Gasteiger partial charge < -0.3 is 20.6 Å². The third kappa shape index (κ3) is 6.58. The van der Waals surface area contributed by atoms with Gasteiger partial charge in [-0.05, 0) is 55.7 Å². The van der Waals surface area contributed by atoms with E-state index in [0.29, 0.717) is 13.0 Å². The highest BCUT2D eigenvalue weighted by Crippen LogP contribution is 2.25. The molecule has 1 aliphatic rings. The van der Waals surface area contributed by atoms with Crippen LogP contribution in [0.25, 0.3) is 0 Å². The van der Waals surface area contributed by atoms with Gasteiger partial charge in [-0.2, -0.15) is 0 Å². The molecule has 0 bridgehead atoms. The first-order valence-electron chi connectivity index (χ1n) is 9.33. The van der Waals surface area contributed by atoms with E-state index in [2.05, 4.69) is 28.5 Å². The van der Waals surface area contributed by atoms with Crippen molar-refractivity contribution in [2.45, 2.75) is 53.1 Å². The lowest BCUT2D eigenvalue weighted by atomic mass is 9.87. The lowest BCUT2D eigenvalue weighted by molar-refractivity contribution is 0.129. The van der Waals surface area contributed by atoms with Crippen molar-refractivity contribution in [2.75, 3.05) is 29.9 Å². The van der Waals surface area contributed by atoms with Crippen LogP contribution in [-0.4, -0.2) is 36.9 Å². The van der Waals surface area contributed by atoms with Crippen molar-refractivity contribution in [2.24, 2.45) is 11.3 Å². The van der Waals surface area contributed by atoms with Crippen LogP contribution in [0.5, 0.6) is 0 Å². The number of rotatable bonds is 6. The van der Waals surface area contributed by atoms with Gasteiger partial charge in [-0.25, -0.2) is 4.79 Å². The summed E-state index contributed by atoms with van der Waals surface area (Å²) in [5, 5.41) is 15.3. The highest BCUT2D eigenvalue weighted by molar-refractivity contribution is 5.89. The molecule has 5 nitrogen and oxygen atoms in total. The summed E-state index contributed by atoms with van der Waals surface area (Å²) in [5.41, 5.74) is 1.83. The van der Waals surface area contributed by atoms with Gasteiger partial charge in [0, 0.05) is 31.0 Å². The summed E-state index contributed by atoms with van der Waals surface area (Å²) in [6.45, 7) is 10.8. The number of nitrogens with one attached hydrogen (secondary N) is 2. The predicted octanol–water partition coefficient (Wildman–Crippen LogP) is 3.84. The third-order valence-electron chi connectivity index (χ3n) is 4.83. The maximum Gasteiger partial charge on any atom is 0.319 e. The monoisotopic (exact) mass is 347 g/mol. The highest BCUT2D eigenvalue weighted by atomic mass is 16.3. The van der Waals surface area contributed by atoms with Crippen molar-refractivity contribution in [3.8, 4) is 0 Å². The number of benzene rings is 1. The van der Waals surface area contributed by atoms with Gasteiger partial charge in [-0.15, -0.1) is 0 Å². The van der Waals surface area contributed by atoms with Crippen LogP contribution < -0.4 is 15.5 Å². The highest BCUT2D eigenvalue weighted by Gasteiger charge is 2.21. The SMILES string of the molecule is CC(O)CC(C)(C)CNC(=O)Nc1cccc(N2CCC(C)CC2)c1. The topological polar surface area (TPSA) is 64.6 Å². The molecule has 5 heteroatoms. The van der Waals surface area contributed by atoms with Crippen LogP contribution in [0, 0.1) is 11.3 Å². The molecule has 1 aromatic carbocycles. The van der Waals surface area contributed by atoms with E-state index in [1.807, 2.05) is 32.0 Å². The minimum atomic E-state index is -0.371. The van der Waals surface area contributed by atoms with Crippen LogP contribution in [0.15, 0.2) is 24.3 Å². The molecule has 0 saturated carbocycles. The summed E-state index contributed by atoms with van der Waals surface area (Å²) in [7, 11) is 0. The van der Waals surface area contributed by atoms with Gasteiger partial charge in [0.15, 0.2) is 0 Å². The summed E-state index contributed by atoms with van der Waals surface area (Å²) in [6.07, 6.45) is 2.71. The molecule has 1 saturated heterocycles. The minimum absolute atomic E-state index is 0.141. The van der Waals surface area contributed by atoms with Gasteiger partial charge >= 0.3 is 6.03 Å². The van der Waals surface area contributed by atoms with Crippen LogP contribution in [-0.2, 0) is 0 Å². The van der Waals surface area contributed by atoms with Gasteiger partial charge in [0.2, 0.25) is 0 Å². The summed E-state index contributed by atoms with van der Waals surface area (Å²) in [4.78, 5) is 14.6. The molecule has 3 N–H and O–H groups in total. The number of urea groups is 1. The van der Waals surface area contributed by atoms with E-state index in [9.17, 15) is 9.90 Å². The van der Waals surface area contributed by atoms with E-state index in [-0.39, 0.29) is 17.6 Å². The molecule has 0 spiro atoms. The fourth-order valence-electron chi connectivity index (χ4n) is 3.41. The van der Waals surface area contributed by atoms with Crippen LogP contribution in [0.2, 0.25) is 0 Å². The summed E-state index contributed by atoms with van der Waals surface area (Å²) >= 11 is 0. The zero-order chi connectivity index (χ0) is 18.4. The van der Waals surface area contributed by atoms with Crippen molar-refractivity contribution in [3.05, 3.63) is 24.3 Å². The quantitative estimate of drug-likeness (QED) is 0.732. The van der Waals surface area contributed by atoms with Crippen LogP contribution in [0.3, 0.4) is 0 Å². The third-order valence-corrected chi connectivity index (χ3v) is 4.83. The number of amides is 2. The van der Waals surface area contributed by atoms with Crippen molar-refractivity contribution >= 4 is 17.4 Å². The first-order valence-corrected chi connectivity index (χ1v) is 9.33. The Morgan fingerprint density at radius 2 is 2.04 bits per heavy atom. The summed E-state index contributed by atoms with van der Waals surface area (Å²) < 4.78 is 0. The van der Waals surface area contributed by atoms with Crippen molar-refractivity contribution in [1.29, 1.82) is 0 Å². The van der Waals surface area contributed by atoms with E-state index >= 15 is 0 Å². The maximum atomic E-state index is 12.2. The molecule has 1 unspecified atom stereocenters. The Balaban J connectivity index is 1.87. The van der Waals surface area contributed by atoms with Crippen molar-refractivity contribution < 1.29 is 9.90 Å². The second-order valence-corrected chi connectivity index (χ2v) is 8.24. The van der Waals surface area contributed by atoms with Gasteiger partial charge in [0.25, 0.3) is 0 Å². The van der Waals surface area contributed by atoms with E-state index in [1.54, 1.807) is 6.92 Å². The number of anilines is 2. The Morgan fingerprint density at radius 3 is 2.68 bits per heavy atom. The lowest BCUT2D eigenvalue weighted by Crippen LogP contribution is -2.38. The standard InChI is InChI=1S/C20H33N3O2/c1-15-8-10-23(11-9-15)18-7-5-6-17(12-18)22-19(25)21-14-20(3,4)13-16(2)24/h5-7,12,15-16,24H,8-11,13-14H2,1-4H3,(H2,21,22,25). The molecule has 1 atom stereocenters. The lowest BCUT2D eigenvalue weighted by Gasteiger charge is -2.32. The zero-order valence-corrected chi connectivity index (χ0v) is 16.0. The molecule has 0 aromatic heterocycles. The van der Waals surface area contributed by atoms with Gasteiger partial charge in [0.1, 0.15) is 0 Å². The molecule has 25 heavy (non-hydrogen) atoms. The van der Waals surface area contributed by atoms with Gasteiger partial charge in [-0.1, -0.05) is 26.8 Å². The second-order valence-electron chi connectivity index (χ2n) is 8.24. The van der Waals surface area contributed by atoms with Gasteiger partial charge in [0.05, 0.1) is 6.10 Å². The Hall–Kier alpha value is -1.75. The number of nitrogens with zero attached hydrogens (tertiary/aromatic N) is 1. The minimum Gasteiger partial charge on any atom is -0.393 e. The number of aliphatic hydroxyl groups excluding tert-OH is 1. The maximum absolute atomic E-state index is 12.2. The predicted molar refractivity (Wildman–Crippen MR) is 104 cm³/mol. The molecule has 0 aliphatic carbocycles. The number of carbonyl (C=O) groups is 1. The van der Waals surface area contributed by atoms with Crippen molar-refractivity contribution in [1.82, 2.24) is 5.32 Å². The molecule has 1 heterocycles. The molecule has 2 amide bonds. The average Bonchev–Trinajstić information content (AvgIpc) is 2.53. The summed E-state index contributed by atoms with van der Waals surface area (Å²) in [5.74, 6) is 0.799. The molecular weight excluding hydrogens is 314 g/mol. The van der Waals surface area contributed by atoms with Crippen LogP contribution in [0.1, 0.15) is 47.0 Å². The number of aliphatic hydroxyl groups is 1. The normalized spacial score (nSPS) is 17.2. The van der Waals surface area contributed by atoms with Gasteiger partial charge in [-0.3, -0.25) is 0 Å². The van der Waals surface area contributed by atoms with E-state index in [4.69, 9.17) is 0 Å². The van der Waals surface area contributed by atoms with Crippen LogP contribution >= 0.6 is 0 Å². The Labute approximate surface area is 151 Å². The fourth-order valence-corrected chi connectivity index (χ4v) is 3.41.